The van der Waals surface area contributed by atoms with Gasteiger partial charge in [0.15, 0.2) is 0 Å². The van der Waals surface area contributed by atoms with E-state index in [-0.39, 0.29) is 0 Å². The number of aromatic nitrogens is 1. The van der Waals surface area contributed by atoms with Crippen LogP contribution in [0.25, 0.3) is 11.1 Å². The van der Waals surface area contributed by atoms with Crippen molar-refractivity contribution in [3.8, 4) is 23.3 Å². The van der Waals surface area contributed by atoms with Crippen molar-refractivity contribution in [2.24, 2.45) is 0 Å². The van der Waals surface area contributed by atoms with Crippen LogP contribution in [0.3, 0.4) is 0 Å². The van der Waals surface area contributed by atoms with E-state index in [2.05, 4.69) is 11.1 Å². The van der Waals surface area contributed by atoms with E-state index in [1.165, 1.54) is 0 Å². The minimum Gasteiger partial charge on any atom is -0.384 e. The summed E-state index contributed by atoms with van der Waals surface area (Å²) in [5.41, 5.74) is 8.11. The monoisotopic (exact) mass is 208 g/mol. The first-order valence-corrected chi connectivity index (χ1v) is 4.63. The van der Waals surface area contributed by atoms with E-state index in [1.54, 1.807) is 24.4 Å². The molecule has 16 heavy (non-hydrogen) atoms. The van der Waals surface area contributed by atoms with Crippen molar-refractivity contribution >= 4 is 5.82 Å². The van der Waals surface area contributed by atoms with Gasteiger partial charge in [-0.05, 0) is 17.7 Å². The van der Waals surface area contributed by atoms with Gasteiger partial charge in [-0.25, -0.2) is 0 Å². The van der Waals surface area contributed by atoms with Crippen molar-refractivity contribution in [2.45, 2.75) is 0 Å². The van der Waals surface area contributed by atoms with Crippen molar-refractivity contribution in [1.29, 1.82) is 10.5 Å². The molecule has 0 fully saturated rings. The molecule has 76 valence electrons. The molecule has 0 radical (unpaired) electrons. The van der Waals surface area contributed by atoms with Gasteiger partial charge in [-0.2, -0.15) is 10.5 Å². The molecule has 1 aromatic carbocycles. The third-order valence-electron chi connectivity index (χ3n) is 2.33. The van der Waals surface area contributed by atoms with Crippen LogP contribution in [-0.2, 0) is 0 Å². The lowest BCUT2D eigenvalue weighted by atomic mass is 10.0. The maximum absolute atomic E-state index is 8.96. The van der Waals surface area contributed by atoms with Crippen molar-refractivity contribution in [3.63, 3.8) is 0 Å². The molecule has 2 rings (SSSR count). The quantitative estimate of drug-likeness (QED) is 0.751. The molecule has 0 aliphatic carbocycles. The molecule has 0 unspecified atom stereocenters. The van der Waals surface area contributed by atoms with E-state index < -0.39 is 0 Å². The van der Waals surface area contributed by atoms with Crippen LogP contribution >= 0.6 is 0 Å². The van der Waals surface area contributed by atoms with Gasteiger partial charge in [0.05, 0.1) is 11.6 Å². The molecule has 0 aliphatic heterocycles. The van der Waals surface area contributed by atoms with Gasteiger partial charge in [0.2, 0.25) is 0 Å². The summed E-state index contributed by atoms with van der Waals surface area (Å²) < 4.78 is 0. The molecule has 0 amide bonds. The van der Waals surface area contributed by atoms with Gasteiger partial charge in [0.25, 0.3) is 0 Å². The minimum atomic E-state index is 0.347. The molecule has 2 aromatic rings. The predicted octanol–water partition coefficient (Wildman–Crippen LogP) is 2.01. The van der Waals surface area contributed by atoms with Crippen LogP contribution in [0.1, 0.15) is 11.1 Å². The number of anilines is 1. The first kappa shape index (κ1) is 9.82. The fourth-order valence-electron chi connectivity index (χ4n) is 1.54. The highest BCUT2D eigenvalue weighted by molar-refractivity contribution is 5.76. The molecule has 0 bridgehead atoms. The number of nitrogens with one attached hydrogen (secondary N) is 1. The first-order chi connectivity index (χ1) is 7.76. The molecule has 0 spiro atoms. The normalized spacial score (nSPS) is 9.38. The number of nitrogens with zero attached hydrogens (tertiary/aromatic N) is 2. The van der Waals surface area contributed by atoms with Crippen molar-refractivity contribution in [1.82, 2.24) is 4.98 Å². The highest BCUT2D eigenvalue weighted by atomic mass is 14.8. The van der Waals surface area contributed by atoms with Crippen LogP contribution in [0.2, 0.25) is 0 Å². The number of nitrogens with two attached hydrogens (primary N) is 1. The smallest absolute Gasteiger partial charge is 0.119 e. The van der Waals surface area contributed by atoms with Gasteiger partial charge in [-0.1, -0.05) is 12.1 Å². The van der Waals surface area contributed by atoms with E-state index in [9.17, 15) is 0 Å². The van der Waals surface area contributed by atoms with E-state index in [4.69, 9.17) is 16.3 Å². The highest BCUT2D eigenvalue weighted by Crippen LogP contribution is 2.27. The number of rotatable bonds is 1. The van der Waals surface area contributed by atoms with Gasteiger partial charge in [-0.3, -0.25) is 0 Å². The molecule has 1 aromatic heterocycles. The van der Waals surface area contributed by atoms with Crippen molar-refractivity contribution < 1.29 is 0 Å². The standard InChI is InChI=1S/C12H8N4/c13-5-8-2-1-3-9(4-8)11-7-16-12(15)10(11)6-14/h1-4,7,16H,15H2. The Hall–Kier alpha value is -2.72. The predicted molar refractivity (Wildman–Crippen MR) is 60.1 cm³/mol. The lowest BCUT2D eigenvalue weighted by Crippen LogP contribution is -1.88. The number of hydrogen-bond donors (Lipinski definition) is 2. The fraction of sp³-hybridized carbons (Fsp3) is 0. The lowest BCUT2D eigenvalue weighted by Gasteiger charge is -1.99. The Morgan fingerprint density at radius 3 is 2.69 bits per heavy atom. The number of nitriles is 2. The van der Waals surface area contributed by atoms with Crippen molar-refractivity contribution in [3.05, 3.63) is 41.6 Å². The fourth-order valence-corrected chi connectivity index (χ4v) is 1.54. The summed E-state index contributed by atoms with van der Waals surface area (Å²) >= 11 is 0. The zero-order chi connectivity index (χ0) is 11.5. The molecule has 0 saturated carbocycles. The Balaban J connectivity index is 2.60. The molecule has 0 atom stereocenters. The minimum absolute atomic E-state index is 0.347. The Bertz CT molecular complexity index is 611. The van der Waals surface area contributed by atoms with Gasteiger partial charge in [0, 0.05) is 11.8 Å². The zero-order valence-corrected chi connectivity index (χ0v) is 8.36. The van der Waals surface area contributed by atoms with Crippen LogP contribution in [0.4, 0.5) is 5.82 Å². The van der Waals surface area contributed by atoms with Crippen LogP contribution < -0.4 is 5.73 Å². The second kappa shape index (κ2) is 3.80. The third-order valence-corrected chi connectivity index (χ3v) is 2.33. The van der Waals surface area contributed by atoms with Crippen LogP contribution in [0.5, 0.6) is 0 Å². The summed E-state index contributed by atoms with van der Waals surface area (Å²) in [4.78, 5) is 2.80. The average Bonchev–Trinajstić information content (AvgIpc) is 2.70. The second-order valence-electron chi connectivity index (χ2n) is 3.30. The van der Waals surface area contributed by atoms with Gasteiger partial charge >= 0.3 is 0 Å². The van der Waals surface area contributed by atoms with Gasteiger partial charge in [0.1, 0.15) is 17.5 Å². The average molecular weight is 208 g/mol. The number of H-pyrrole nitrogens is 1. The van der Waals surface area contributed by atoms with Crippen molar-refractivity contribution in [2.75, 3.05) is 5.73 Å². The van der Waals surface area contributed by atoms with E-state index in [1.807, 2.05) is 12.1 Å². The molecule has 0 saturated heterocycles. The molecule has 0 aliphatic rings. The van der Waals surface area contributed by atoms with Gasteiger partial charge in [-0.15, -0.1) is 0 Å². The summed E-state index contributed by atoms with van der Waals surface area (Å²) in [6, 6.07) is 11.2. The topological polar surface area (TPSA) is 89.4 Å². The molecule has 3 N–H and O–H groups in total. The second-order valence-corrected chi connectivity index (χ2v) is 3.30. The highest BCUT2D eigenvalue weighted by Gasteiger charge is 2.10. The molecular weight excluding hydrogens is 200 g/mol. The summed E-state index contributed by atoms with van der Waals surface area (Å²) in [6.45, 7) is 0. The Morgan fingerprint density at radius 1 is 1.19 bits per heavy atom. The summed E-state index contributed by atoms with van der Waals surface area (Å²) in [6.07, 6.45) is 1.67. The Morgan fingerprint density at radius 2 is 2.00 bits per heavy atom. The number of hydrogen-bond acceptors (Lipinski definition) is 3. The zero-order valence-electron chi connectivity index (χ0n) is 8.36. The molecule has 4 nitrogen and oxygen atoms in total. The van der Waals surface area contributed by atoms with E-state index in [0.29, 0.717) is 16.9 Å². The maximum Gasteiger partial charge on any atom is 0.119 e. The lowest BCUT2D eigenvalue weighted by molar-refractivity contribution is 1.40. The summed E-state index contributed by atoms with van der Waals surface area (Å²) in [5.74, 6) is 0.347. The number of nitrogen functional groups attached to an aromatic ring is 1. The van der Waals surface area contributed by atoms with E-state index >= 15 is 0 Å². The summed E-state index contributed by atoms with van der Waals surface area (Å²) in [5, 5.41) is 17.8. The maximum atomic E-state index is 8.96. The Labute approximate surface area is 92.6 Å². The van der Waals surface area contributed by atoms with E-state index in [0.717, 1.165) is 11.1 Å². The largest absolute Gasteiger partial charge is 0.384 e. The first-order valence-electron chi connectivity index (χ1n) is 4.63. The molecule has 4 heteroatoms. The Kier molecular flexibility index (Phi) is 2.33. The van der Waals surface area contributed by atoms with Crippen LogP contribution in [-0.4, -0.2) is 4.98 Å². The summed E-state index contributed by atoms with van der Waals surface area (Å²) in [7, 11) is 0. The SMILES string of the molecule is N#Cc1cccc(-c2c[nH]c(N)c2C#N)c1. The van der Waals surface area contributed by atoms with Crippen LogP contribution in [0.15, 0.2) is 30.5 Å². The molecular formula is C12H8N4. The molecule has 1 heterocycles. The van der Waals surface area contributed by atoms with Gasteiger partial charge < -0.3 is 10.7 Å². The third kappa shape index (κ3) is 1.49. The van der Waals surface area contributed by atoms with Crippen LogP contribution in [0, 0.1) is 22.7 Å². The number of benzene rings is 1. The number of aromatic amines is 1.